The zero-order valence-electron chi connectivity index (χ0n) is 18.8. The van der Waals surface area contributed by atoms with Crippen LogP contribution in [0.3, 0.4) is 0 Å². The van der Waals surface area contributed by atoms with E-state index in [1.165, 1.54) is 17.1 Å². The van der Waals surface area contributed by atoms with Gasteiger partial charge < -0.3 is 4.74 Å². The third-order valence-corrected chi connectivity index (χ3v) is 7.13. The SMILES string of the molecule is O=C(/C=C/c1ccc(Cl)cc1)Oc1ccccc1/C=C1/C(=O)NC(=O)N([C@H]2C[C@H]3CC[C@H]2C3)C1=O. The van der Waals surface area contributed by atoms with E-state index < -0.39 is 23.8 Å². The van der Waals surface area contributed by atoms with Crippen molar-refractivity contribution < 1.29 is 23.9 Å². The van der Waals surface area contributed by atoms with Gasteiger partial charge >= 0.3 is 12.0 Å². The Morgan fingerprint density at radius 2 is 1.80 bits per heavy atom. The summed E-state index contributed by atoms with van der Waals surface area (Å²) in [4.78, 5) is 52.0. The van der Waals surface area contributed by atoms with Crippen LogP contribution in [0.25, 0.3) is 12.2 Å². The second kappa shape index (κ2) is 9.50. The van der Waals surface area contributed by atoms with Gasteiger partial charge in [-0.25, -0.2) is 9.59 Å². The molecule has 5 rings (SSSR count). The number of barbiturate groups is 1. The molecule has 1 aliphatic heterocycles. The van der Waals surface area contributed by atoms with E-state index in [2.05, 4.69) is 5.32 Å². The first-order valence-corrected chi connectivity index (χ1v) is 11.9. The molecule has 2 bridgehead atoms. The molecule has 3 aliphatic rings. The van der Waals surface area contributed by atoms with E-state index in [1.807, 2.05) is 0 Å². The quantitative estimate of drug-likeness (QED) is 0.286. The predicted molar refractivity (Wildman–Crippen MR) is 130 cm³/mol. The fraction of sp³-hybridized carbons (Fsp3) is 0.259. The van der Waals surface area contributed by atoms with E-state index >= 15 is 0 Å². The number of ether oxygens (including phenoxy) is 1. The van der Waals surface area contributed by atoms with Gasteiger partial charge in [-0.15, -0.1) is 0 Å². The molecule has 1 heterocycles. The van der Waals surface area contributed by atoms with Crippen LogP contribution in [0.1, 0.15) is 36.8 Å². The highest BCUT2D eigenvalue weighted by molar-refractivity contribution is 6.31. The molecule has 3 fully saturated rings. The third-order valence-electron chi connectivity index (χ3n) is 6.88. The summed E-state index contributed by atoms with van der Waals surface area (Å²) in [7, 11) is 0. The Bertz CT molecular complexity index is 1270. The number of carbonyl (C=O) groups excluding carboxylic acids is 4. The number of carbonyl (C=O) groups is 4. The lowest BCUT2D eigenvalue weighted by molar-refractivity contribution is -0.132. The molecular weight excluding hydrogens is 468 g/mol. The Hall–Kier alpha value is -3.71. The van der Waals surface area contributed by atoms with Crippen LogP contribution in [0, 0.1) is 11.8 Å². The van der Waals surface area contributed by atoms with Crippen molar-refractivity contribution in [2.45, 2.75) is 31.7 Å². The van der Waals surface area contributed by atoms with Crippen molar-refractivity contribution in [3.63, 3.8) is 0 Å². The normalized spacial score (nSPS) is 24.9. The molecule has 2 aromatic carbocycles. The molecule has 8 heteroatoms. The van der Waals surface area contributed by atoms with Gasteiger partial charge in [-0.2, -0.15) is 0 Å². The summed E-state index contributed by atoms with van der Waals surface area (Å²) >= 11 is 5.87. The summed E-state index contributed by atoms with van der Waals surface area (Å²) in [5.74, 6) is -0.997. The highest BCUT2D eigenvalue weighted by atomic mass is 35.5. The van der Waals surface area contributed by atoms with Crippen LogP contribution in [0.4, 0.5) is 4.79 Å². The van der Waals surface area contributed by atoms with Crippen molar-refractivity contribution in [2.24, 2.45) is 11.8 Å². The lowest BCUT2D eigenvalue weighted by atomic mass is 9.93. The standard InChI is InChI=1S/C27H23ClN2O5/c28-20-10-6-16(7-11-20)8-12-24(31)35-23-4-2-1-3-19(23)15-21-25(32)29-27(34)30(26(21)33)22-14-17-5-9-18(22)13-17/h1-4,6-8,10-12,15,17-18,22H,5,9,13-14H2,(H,29,32,34)/b12-8+,21-15-/t17-,18-,22-/m0/s1. The number of para-hydroxylation sites is 1. The van der Waals surface area contributed by atoms with Gasteiger partial charge in [-0.05, 0) is 67.0 Å². The monoisotopic (exact) mass is 490 g/mol. The summed E-state index contributed by atoms with van der Waals surface area (Å²) in [6, 6.07) is 12.7. The number of halogens is 1. The van der Waals surface area contributed by atoms with Crippen molar-refractivity contribution >= 4 is 47.6 Å². The van der Waals surface area contributed by atoms with E-state index in [0.717, 1.165) is 31.2 Å². The summed E-state index contributed by atoms with van der Waals surface area (Å²) in [6.07, 6.45) is 8.14. The molecule has 0 radical (unpaired) electrons. The third kappa shape index (κ3) is 4.77. The number of nitrogens with zero attached hydrogens (tertiary/aromatic N) is 1. The zero-order valence-corrected chi connectivity index (χ0v) is 19.5. The van der Waals surface area contributed by atoms with Crippen LogP contribution in [0.15, 0.2) is 60.2 Å². The summed E-state index contributed by atoms with van der Waals surface area (Å²) in [5.41, 5.74) is 0.991. The zero-order chi connectivity index (χ0) is 24.5. The number of benzene rings is 2. The van der Waals surface area contributed by atoms with E-state index in [1.54, 1.807) is 54.6 Å². The van der Waals surface area contributed by atoms with Gasteiger partial charge in [-0.3, -0.25) is 19.8 Å². The molecule has 2 aromatic rings. The molecule has 0 spiro atoms. The lowest BCUT2D eigenvalue weighted by Crippen LogP contribution is -2.58. The Labute approximate surface area is 207 Å². The Balaban J connectivity index is 1.36. The maximum atomic E-state index is 13.3. The van der Waals surface area contributed by atoms with Crippen LogP contribution in [-0.2, 0) is 14.4 Å². The number of fused-ring (bicyclic) bond motifs is 2. The molecule has 178 valence electrons. The molecule has 0 unspecified atom stereocenters. The molecule has 3 atom stereocenters. The van der Waals surface area contributed by atoms with Crippen LogP contribution < -0.4 is 10.1 Å². The highest BCUT2D eigenvalue weighted by Gasteiger charge is 2.49. The van der Waals surface area contributed by atoms with Gasteiger partial charge in [0.25, 0.3) is 11.8 Å². The lowest BCUT2D eigenvalue weighted by Gasteiger charge is -2.35. The van der Waals surface area contributed by atoms with Gasteiger partial charge in [0, 0.05) is 22.7 Å². The summed E-state index contributed by atoms with van der Waals surface area (Å²) in [5, 5.41) is 2.89. The van der Waals surface area contributed by atoms with Crippen molar-refractivity contribution in [3.05, 3.63) is 76.3 Å². The first kappa shape index (κ1) is 23.1. The maximum Gasteiger partial charge on any atom is 0.336 e. The highest BCUT2D eigenvalue weighted by Crippen LogP contribution is 2.47. The van der Waals surface area contributed by atoms with Gasteiger partial charge in [0.15, 0.2) is 0 Å². The van der Waals surface area contributed by atoms with Gasteiger partial charge in [-0.1, -0.05) is 48.4 Å². The van der Waals surface area contributed by atoms with Crippen molar-refractivity contribution in [1.29, 1.82) is 0 Å². The minimum absolute atomic E-state index is 0.160. The fourth-order valence-corrected chi connectivity index (χ4v) is 5.35. The molecule has 35 heavy (non-hydrogen) atoms. The molecule has 0 aromatic heterocycles. The van der Waals surface area contributed by atoms with Crippen molar-refractivity contribution in [1.82, 2.24) is 10.2 Å². The van der Waals surface area contributed by atoms with Gasteiger partial charge in [0.2, 0.25) is 0 Å². The number of hydrogen-bond acceptors (Lipinski definition) is 5. The molecule has 4 amide bonds. The molecule has 7 nitrogen and oxygen atoms in total. The number of nitrogens with one attached hydrogen (secondary N) is 1. The van der Waals surface area contributed by atoms with E-state index in [4.69, 9.17) is 16.3 Å². The van der Waals surface area contributed by atoms with Crippen LogP contribution in [0.2, 0.25) is 5.02 Å². The first-order valence-electron chi connectivity index (χ1n) is 11.5. The number of imide groups is 2. The van der Waals surface area contributed by atoms with Gasteiger partial charge in [0.05, 0.1) is 0 Å². The average molecular weight is 491 g/mol. The van der Waals surface area contributed by atoms with Gasteiger partial charge in [0.1, 0.15) is 11.3 Å². The molecule has 1 saturated heterocycles. The van der Waals surface area contributed by atoms with Crippen LogP contribution in [-0.4, -0.2) is 34.8 Å². The van der Waals surface area contributed by atoms with E-state index in [-0.39, 0.29) is 23.3 Å². The second-order valence-electron chi connectivity index (χ2n) is 9.08. The number of rotatable bonds is 5. The topological polar surface area (TPSA) is 92.8 Å². The second-order valence-corrected chi connectivity index (χ2v) is 9.51. The maximum absolute atomic E-state index is 13.3. The smallest absolute Gasteiger partial charge is 0.336 e. The number of amides is 4. The van der Waals surface area contributed by atoms with E-state index in [0.29, 0.717) is 16.5 Å². The molecular formula is C27H23ClN2O5. The fourth-order valence-electron chi connectivity index (χ4n) is 5.23. The number of urea groups is 1. The average Bonchev–Trinajstić information content (AvgIpc) is 3.46. The van der Waals surface area contributed by atoms with Crippen molar-refractivity contribution in [2.75, 3.05) is 0 Å². The number of hydrogen-bond donors (Lipinski definition) is 1. The van der Waals surface area contributed by atoms with Crippen molar-refractivity contribution in [3.8, 4) is 5.75 Å². The summed E-state index contributed by atoms with van der Waals surface area (Å²) in [6.45, 7) is 0. The number of esters is 1. The minimum atomic E-state index is -0.761. The summed E-state index contributed by atoms with van der Waals surface area (Å²) < 4.78 is 5.47. The Morgan fingerprint density at radius 3 is 2.51 bits per heavy atom. The minimum Gasteiger partial charge on any atom is -0.423 e. The molecule has 2 aliphatic carbocycles. The Kier molecular flexibility index (Phi) is 6.26. The van der Waals surface area contributed by atoms with Crippen LogP contribution >= 0.6 is 11.6 Å². The first-order chi connectivity index (χ1) is 16.9. The molecule has 1 N–H and O–H groups in total. The molecule has 2 saturated carbocycles. The predicted octanol–water partition coefficient (Wildman–Crippen LogP) is 4.61. The van der Waals surface area contributed by atoms with Crippen LogP contribution in [0.5, 0.6) is 5.75 Å². The Morgan fingerprint density at radius 1 is 1.03 bits per heavy atom. The largest absolute Gasteiger partial charge is 0.423 e. The van der Waals surface area contributed by atoms with E-state index in [9.17, 15) is 19.2 Å².